The highest BCUT2D eigenvalue weighted by Crippen LogP contribution is 2.22. The molecule has 0 spiro atoms. The Hall–Kier alpha value is -2.89. The van der Waals surface area contributed by atoms with Gasteiger partial charge in [0.25, 0.3) is 5.91 Å². The Kier molecular flexibility index (Phi) is 5.84. The van der Waals surface area contributed by atoms with Gasteiger partial charge in [-0.1, -0.05) is 19.1 Å². The number of carbonyl (C=O) groups excluding carboxylic acids is 2. The summed E-state index contributed by atoms with van der Waals surface area (Å²) >= 11 is 0. The largest absolute Gasteiger partial charge is 0.452 e. The topological polar surface area (TPSA) is 71.5 Å². The first-order valence-electron chi connectivity index (χ1n) is 8.93. The summed E-state index contributed by atoms with van der Waals surface area (Å²) in [6, 6.07) is 11.0. The van der Waals surface area contributed by atoms with E-state index in [4.69, 9.17) is 4.74 Å². The molecule has 0 bridgehead atoms. The van der Waals surface area contributed by atoms with E-state index in [0.29, 0.717) is 17.1 Å². The summed E-state index contributed by atoms with van der Waals surface area (Å²) in [5.41, 5.74) is 2.28. The van der Waals surface area contributed by atoms with Crippen molar-refractivity contribution in [3.8, 4) is 0 Å². The van der Waals surface area contributed by atoms with Gasteiger partial charge < -0.3 is 15.0 Å². The number of amides is 1. The number of aromatic nitrogens is 1. The number of hydrogen-bond donors (Lipinski definition) is 1. The maximum Gasteiger partial charge on any atom is 0.342 e. The zero-order chi connectivity index (χ0) is 18.4. The van der Waals surface area contributed by atoms with E-state index in [1.165, 1.54) is 5.56 Å². The van der Waals surface area contributed by atoms with Crippen LogP contribution < -0.4 is 10.2 Å². The Labute approximate surface area is 153 Å². The summed E-state index contributed by atoms with van der Waals surface area (Å²) in [6.07, 6.45) is 4.78. The van der Waals surface area contributed by atoms with Gasteiger partial charge in [0.05, 0.1) is 0 Å². The fourth-order valence-electron chi connectivity index (χ4n) is 2.97. The van der Waals surface area contributed by atoms with Gasteiger partial charge in [-0.3, -0.25) is 4.79 Å². The number of nitrogens with zero attached hydrogens (tertiary/aromatic N) is 2. The molecule has 2 heterocycles. The number of ether oxygens (including phenoxy) is 1. The van der Waals surface area contributed by atoms with E-state index >= 15 is 0 Å². The normalized spacial score (nSPS) is 13.5. The zero-order valence-corrected chi connectivity index (χ0v) is 14.9. The van der Waals surface area contributed by atoms with Gasteiger partial charge in [0.1, 0.15) is 11.4 Å². The van der Waals surface area contributed by atoms with Gasteiger partial charge in [-0.25, -0.2) is 9.78 Å². The summed E-state index contributed by atoms with van der Waals surface area (Å²) in [5, 5.41) is 2.73. The number of rotatable bonds is 6. The second-order valence-electron chi connectivity index (χ2n) is 6.24. The minimum absolute atomic E-state index is 0.331. The Morgan fingerprint density at radius 3 is 2.58 bits per heavy atom. The number of esters is 1. The molecule has 6 heteroatoms. The molecule has 136 valence electrons. The van der Waals surface area contributed by atoms with Crippen LogP contribution in [0.5, 0.6) is 0 Å². The van der Waals surface area contributed by atoms with Crippen LogP contribution >= 0.6 is 0 Å². The minimum atomic E-state index is -0.531. The molecule has 26 heavy (non-hydrogen) atoms. The monoisotopic (exact) mass is 353 g/mol. The molecule has 1 N–H and O–H groups in total. The van der Waals surface area contributed by atoms with E-state index in [-0.39, 0.29) is 12.5 Å². The molecule has 0 atom stereocenters. The summed E-state index contributed by atoms with van der Waals surface area (Å²) in [5.74, 6) is -0.267. The Balaban J connectivity index is 1.57. The van der Waals surface area contributed by atoms with Crippen molar-refractivity contribution in [1.29, 1.82) is 0 Å². The second-order valence-corrected chi connectivity index (χ2v) is 6.24. The number of anilines is 2. The van der Waals surface area contributed by atoms with Crippen molar-refractivity contribution in [2.24, 2.45) is 0 Å². The summed E-state index contributed by atoms with van der Waals surface area (Å²) in [6.45, 7) is 3.50. The van der Waals surface area contributed by atoms with Crippen molar-refractivity contribution in [3.05, 3.63) is 53.7 Å². The first-order valence-corrected chi connectivity index (χ1v) is 8.93. The highest BCUT2D eigenvalue weighted by molar-refractivity contribution is 5.98. The van der Waals surface area contributed by atoms with Crippen LogP contribution in [0.3, 0.4) is 0 Å². The van der Waals surface area contributed by atoms with Gasteiger partial charge in [0, 0.05) is 25.0 Å². The van der Waals surface area contributed by atoms with Crippen LogP contribution in [0.1, 0.15) is 35.7 Å². The van der Waals surface area contributed by atoms with Crippen molar-refractivity contribution in [2.45, 2.75) is 26.2 Å². The summed E-state index contributed by atoms with van der Waals surface area (Å²) in [4.78, 5) is 30.8. The lowest BCUT2D eigenvalue weighted by molar-refractivity contribution is -0.119. The highest BCUT2D eigenvalue weighted by Gasteiger charge is 2.22. The number of benzene rings is 1. The van der Waals surface area contributed by atoms with Gasteiger partial charge in [-0.15, -0.1) is 0 Å². The second kappa shape index (κ2) is 8.47. The highest BCUT2D eigenvalue weighted by atomic mass is 16.5. The van der Waals surface area contributed by atoms with Crippen LogP contribution in [-0.4, -0.2) is 36.6 Å². The molecule has 0 saturated carbocycles. The molecule has 1 aliphatic heterocycles. The molecule has 0 unspecified atom stereocenters. The van der Waals surface area contributed by atoms with Crippen LogP contribution in [0.15, 0.2) is 42.6 Å². The fourth-order valence-corrected chi connectivity index (χ4v) is 2.97. The molecule has 1 aromatic carbocycles. The van der Waals surface area contributed by atoms with Crippen LogP contribution in [0.2, 0.25) is 0 Å². The molecular weight excluding hydrogens is 330 g/mol. The summed E-state index contributed by atoms with van der Waals surface area (Å²) in [7, 11) is 0. The van der Waals surface area contributed by atoms with Crippen molar-refractivity contribution in [2.75, 3.05) is 29.9 Å². The van der Waals surface area contributed by atoms with Gasteiger partial charge in [0.15, 0.2) is 6.61 Å². The molecule has 1 aromatic heterocycles. The predicted octanol–water partition coefficient (Wildman–Crippen LogP) is 3.04. The number of aryl methyl sites for hydroxylation is 1. The van der Waals surface area contributed by atoms with Crippen molar-refractivity contribution >= 4 is 23.4 Å². The number of nitrogens with one attached hydrogen (secondary N) is 1. The van der Waals surface area contributed by atoms with Crippen LogP contribution in [0.25, 0.3) is 0 Å². The molecule has 0 aliphatic carbocycles. The summed E-state index contributed by atoms with van der Waals surface area (Å²) < 4.78 is 5.19. The minimum Gasteiger partial charge on any atom is -0.452 e. The van der Waals surface area contributed by atoms with Crippen molar-refractivity contribution < 1.29 is 14.3 Å². The van der Waals surface area contributed by atoms with Crippen LogP contribution in [-0.2, 0) is 16.0 Å². The van der Waals surface area contributed by atoms with Crippen molar-refractivity contribution in [3.63, 3.8) is 0 Å². The SMILES string of the molecule is CCc1ccc(NC(=O)COC(=O)c2cccnc2N2CCCC2)cc1. The quantitative estimate of drug-likeness (QED) is 0.808. The van der Waals surface area contributed by atoms with Gasteiger partial charge in [0.2, 0.25) is 0 Å². The molecule has 1 saturated heterocycles. The maximum absolute atomic E-state index is 12.4. The third-order valence-corrected chi connectivity index (χ3v) is 4.39. The van der Waals surface area contributed by atoms with E-state index < -0.39 is 5.97 Å². The Bertz CT molecular complexity index is 768. The van der Waals surface area contributed by atoms with E-state index in [9.17, 15) is 9.59 Å². The van der Waals surface area contributed by atoms with E-state index in [1.54, 1.807) is 18.3 Å². The molecule has 6 nitrogen and oxygen atoms in total. The zero-order valence-electron chi connectivity index (χ0n) is 14.9. The molecule has 1 aliphatic rings. The molecule has 3 rings (SSSR count). The van der Waals surface area contributed by atoms with Crippen molar-refractivity contribution in [1.82, 2.24) is 4.98 Å². The Morgan fingerprint density at radius 2 is 1.88 bits per heavy atom. The average Bonchev–Trinajstić information content (AvgIpc) is 3.21. The number of carbonyl (C=O) groups is 2. The van der Waals surface area contributed by atoms with Gasteiger partial charge >= 0.3 is 5.97 Å². The smallest absolute Gasteiger partial charge is 0.342 e. The molecule has 0 radical (unpaired) electrons. The maximum atomic E-state index is 12.4. The average molecular weight is 353 g/mol. The standard InChI is InChI=1S/C20H23N3O3/c1-2-15-7-9-16(10-8-15)22-18(24)14-26-20(25)17-6-5-11-21-19(17)23-12-3-4-13-23/h5-11H,2-4,12-14H2,1H3,(H,22,24). The number of hydrogen-bond acceptors (Lipinski definition) is 5. The van der Waals surface area contributed by atoms with Crippen LogP contribution in [0.4, 0.5) is 11.5 Å². The molecular formula is C20H23N3O3. The fraction of sp³-hybridized carbons (Fsp3) is 0.350. The van der Waals surface area contributed by atoms with E-state index in [1.807, 2.05) is 24.3 Å². The molecule has 2 aromatic rings. The number of pyridine rings is 1. The lowest BCUT2D eigenvalue weighted by atomic mass is 10.1. The first-order chi connectivity index (χ1) is 12.7. The van der Waals surface area contributed by atoms with E-state index in [2.05, 4.69) is 22.1 Å². The third kappa shape index (κ3) is 4.39. The van der Waals surface area contributed by atoms with Gasteiger partial charge in [-0.2, -0.15) is 0 Å². The molecule has 1 fully saturated rings. The van der Waals surface area contributed by atoms with Gasteiger partial charge in [-0.05, 0) is 49.1 Å². The Morgan fingerprint density at radius 1 is 1.15 bits per heavy atom. The van der Waals surface area contributed by atoms with E-state index in [0.717, 1.165) is 32.4 Å². The molecule has 1 amide bonds. The lowest BCUT2D eigenvalue weighted by Crippen LogP contribution is -2.24. The van der Waals surface area contributed by atoms with Crippen LogP contribution in [0, 0.1) is 0 Å². The third-order valence-electron chi connectivity index (χ3n) is 4.39. The lowest BCUT2D eigenvalue weighted by Gasteiger charge is -2.18. The predicted molar refractivity (Wildman–Crippen MR) is 100 cm³/mol. The first kappa shape index (κ1) is 17.9.